The summed E-state index contributed by atoms with van der Waals surface area (Å²) in [4.78, 5) is 16.4. The fraction of sp³-hybridized carbons (Fsp3) is 0.360. The van der Waals surface area contributed by atoms with Gasteiger partial charge in [-0.1, -0.05) is 0 Å². The number of anilines is 2. The van der Waals surface area contributed by atoms with Crippen LogP contribution in [0.5, 0.6) is 0 Å². The van der Waals surface area contributed by atoms with Gasteiger partial charge in [0.2, 0.25) is 12.4 Å². The van der Waals surface area contributed by atoms with Crippen LogP contribution in [0.1, 0.15) is 16.7 Å². The normalized spacial score (nSPS) is 19.3. The predicted octanol–water partition coefficient (Wildman–Crippen LogP) is 4.30. The lowest BCUT2D eigenvalue weighted by Crippen LogP contribution is -2.38. The van der Waals surface area contributed by atoms with E-state index in [1.54, 1.807) is 23.9 Å². The smallest absolute Gasteiger partial charge is 0.244 e. The molecule has 5 heterocycles. The van der Waals surface area contributed by atoms with Crippen molar-refractivity contribution >= 4 is 43.3 Å². The summed E-state index contributed by atoms with van der Waals surface area (Å²) in [6, 6.07) is 1.56. The Labute approximate surface area is 218 Å². The van der Waals surface area contributed by atoms with Gasteiger partial charge in [-0.2, -0.15) is 5.26 Å². The van der Waals surface area contributed by atoms with Gasteiger partial charge >= 0.3 is 0 Å². The molecule has 196 valence electrons. The zero-order valence-electron chi connectivity index (χ0n) is 20.3. The molecule has 2 aliphatic heterocycles. The van der Waals surface area contributed by atoms with Gasteiger partial charge in [-0.25, -0.2) is 27.5 Å². The molecule has 2 N–H and O–H groups in total. The number of hydrogen-bond acceptors (Lipinski definition) is 9. The number of hydrogen-bond donors (Lipinski definition) is 1. The van der Waals surface area contributed by atoms with Crippen LogP contribution in [-0.2, 0) is 18.0 Å². The van der Waals surface area contributed by atoms with E-state index >= 15 is 4.39 Å². The van der Waals surface area contributed by atoms with Crippen LogP contribution in [0.2, 0.25) is 0 Å². The molecule has 2 unspecified atom stereocenters. The van der Waals surface area contributed by atoms with Crippen LogP contribution in [0, 0.1) is 28.9 Å². The molecule has 38 heavy (non-hydrogen) atoms. The van der Waals surface area contributed by atoms with Crippen LogP contribution < -0.4 is 10.6 Å². The van der Waals surface area contributed by atoms with Crippen molar-refractivity contribution in [3.8, 4) is 17.3 Å². The monoisotopic (exact) mass is 543 g/mol. The number of aromatic nitrogens is 3. The highest BCUT2D eigenvalue weighted by molar-refractivity contribution is 7.23. The molecule has 0 amide bonds. The van der Waals surface area contributed by atoms with Gasteiger partial charge < -0.3 is 20.3 Å². The molecule has 4 aromatic rings. The Bertz CT molecular complexity index is 1640. The zero-order valence-corrected chi connectivity index (χ0v) is 21.1. The summed E-state index contributed by atoms with van der Waals surface area (Å²) in [5.41, 5.74) is 7.24. The summed E-state index contributed by atoms with van der Waals surface area (Å²) in [7, 11) is 3.48. The first-order chi connectivity index (χ1) is 18.2. The maximum Gasteiger partial charge on any atom is 0.244 e. The molecule has 0 spiro atoms. The molecule has 1 aromatic carbocycles. The summed E-state index contributed by atoms with van der Waals surface area (Å²) in [5, 5.41) is 10.4. The Balaban J connectivity index is 1.57. The van der Waals surface area contributed by atoms with Crippen LogP contribution in [0.15, 0.2) is 12.4 Å². The van der Waals surface area contributed by atoms with Gasteiger partial charge in [0.05, 0.1) is 41.3 Å². The van der Waals surface area contributed by atoms with E-state index in [2.05, 4.69) is 15.0 Å². The van der Waals surface area contributed by atoms with E-state index in [4.69, 9.17) is 10.5 Å². The van der Waals surface area contributed by atoms with E-state index < -0.39 is 30.0 Å². The van der Waals surface area contributed by atoms with Crippen LogP contribution in [0.25, 0.3) is 32.2 Å². The van der Waals surface area contributed by atoms with Crippen molar-refractivity contribution in [3.63, 3.8) is 0 Å². The summed E-state index contributed by atoms with van der Waals surface area (Å²) in [5.74, 6) is -2.19. The molecule has 6 rings (SSSR count). The van der Waals surface area contributed by atoms with Crippen molar-refractivity contribution in [2.45, 2.75) is 25.7 Å². The summed E-state index contributed by atoms with van der Waals surface area (Å²) in [6.45, 7) is 0.529. The number of thiophene rings is 1. The van der Waals surface area contributed by atoms with Crippen molar-refractivity contribution in [1.29, 1.82) is 5.26 Å². The maximum absolute atomic E-state index is 16.4. The molecule has 13 heteroatoms. The summed E-state index contributed by atoms with van der Waals surface area (Å²) < 4.78 is 64.3. The second kappa shape index (κ2) is 9.00. The van der Waals surface area contributed by atoms with Crippen LogP contribution in [0.4, 0.5) is 28.5 Å². The number of nitriles is 1. The first-order valence-electron chi connectivity index (χ1n) is 11.7. The van der Waals surface area contributed by atoms with E-state index in [1.165, 1.54) is 6.20 Å². The predicted molar refractivity (Wildman–Crippen MR) is 135 cm³/mol. The standard InChI is InChI=1S/C25H21F4N7OS/c1-35(2)16-7-36(6-12(16)23(28)29)25-33-4-11-13-8-37-9-14(13)17(19(27)20(11)34-25)21-18-10(3-30)24(31)38-22(18)15(26)5-32-21/h4-5,12,16,23H,6-9,31H2,1-2H3. The number of nitrogens with zero attached hydrogens (tertiary/aromatic N) is 6. The number of pyridine rings is 1. The molecule has 0 saturated carbocycles. The van der Waals surface area contributed by atoms with E-state index in [0.717, 1.165) is 17.5 Å². The molecule has 3 aromatic heterocycles. The van der Waals surface area contributed by atoms with Crippen molar-refractivity contribution in [3.05, 3.63) is 40.7 Å². The topological polar surface area (TPSA) is 104 Å². The number of ether oxygens (including phenoxy) is 1. The Morgan fingerprint density at radius 2 is 1.95 bits per heavy atom. The van der Waals surface area contributed by atoms with Gasteiger partial charge in [-0.05, 0) is 25.2 Å². The minimum Gasteiger partial charge on any atom is -0.389 e. The third-order valence-electron chi connectivity index (χ3n) is 7.33. The van der Waals surface area contributed by atoms with Crippen molar-refractivity contribution in [2.75, 3.05) is 37.8 Å². The summed E-state index contributed by atoms with van der Waals surface area (Å²) in [6.07, 6.45) is -0.0757. The van der Waals surface area contributed by atoms with Crippen LogP contribution >= 0.6 is 11.3 Å². The molecular formula is C25H21F4N7OS. The molecular weight excluding hydrogens is 522 g/mol. The minimum atomic E-state index is -2.53. The molecule has 1 fully saturated rings. The van der Waals surface area contributed by atoms with E-state index in [0.29, 0.717) is 16.5 Å². The largest absolute Gasteiger partial charge is 0.389 e. The van der Waals surface area contributed by atoms with Crippen molar-refractivity contribution < 1.29 is 22.3 Å². The van der Waals surface area contributed by atoms with Crippen LogP contribution in [0.3, 0.4) is 0 Å². The highest BCUT2D eigenvalue weighted by atomic mass is 32.1. The van der Waals surface area contributed by atoms with Gasteiger partial charge in [0.1, 0.15) is 16.6 Å². The number of halogens is 4. The fourth-order valence-electron chi connectivity index (χ4n) is 5.46. The van der Waals surface area contributed by atoms with Crippen LogP contribution in [-0.4, -0.2) is 59.5 Å². The van der Waals surface area contributed by atoms with Crippen molar-refractivity contribution in [2.24, 2.45) is 5.92 Å². The third-order valence-corrected chi connectivity index (χ3v) is 8.36. The lowest BCUT2D eigenvalue weighted by molar-refractivity contribution is 0.0521. The first kappa shape index (κ1) is 24.7. The minimum absolute atomic E-state index is 0.0207. The van der Waals surface area contributed by atoms with Gasteiger partial charge in [0, 0.05) is 41.7 Å². The highest BCUT2D eigenvalue weighted by Crippen LogP contribution is 2.45. The zero-order chi connectivity index (χ0) is 26.9. The molecule has 2 aliphatic rings. The van der Waals surface area contributed by atoms with E-state index in [-0.39, 0.29) is 69.7 Å². The van der Waals surface area contributed by atoms with Gasteiger partial charge in [0.25, 0.3) is 0 Å². The average Bonchev–Trinajstić information content (AvgIpc) is 3.62. The number of fused-ring (bicyclic) bond motifs is 4. The third kappa shape index (κ3) is 3.58. The second-order valence-electron chi connectivity index (χ2n) is 9.62. The Morgan fingerprint density at radius 1 is 1.18 bits per heavy atom. The molecule has 2 atom stereocenters. The molecule has 1 saturated heterocycles. The number of nitrogen functional groups attached to an aromatic ring is 1. The lowest BCUT2D eigenvalue weighted by Gasteiger charge is -2.24. The number of benzene rings is 1. The van der Waals surface area contributed by atoms with E-state index in [1.807, 2.05) is 6.07 Å². The Morgan fingerprint density at radius 3 is 2.63 bits per heavy atom. The number of likely N-dealkylation sites (N-methyl/N-ethyl adjacent to an activating group) is 1. The summed E-state index contributed by atoms with van der Waals surface area (Å²) >= 11 is 0.895. The van der Waals surface area contributed by atoms with Gasteiger partial charge in [-0.3, -0.25) is 4.98 Å². The quantitative estimate of drug-likeness (QED) is 0.380. The van der Waals surface area contributed by atoms with Crippen molar-refractivity contribution in [1.82, 2.24) is 19.9 Å². The maximum atomic E-state index is 16.4. The van der Waals surface area contributed by atoms with Gasteiger partial charge in [-0.15, -0.1) is 11.3 Å². The fourth-order valence-corrected chi connectivity index (χ4v) is 6.38. The number of nitrogens with two attached hydrogens (primary N) is 1. The molecule has 0 aliphatic carbocycles. The SMILES string of the molecule is CN(C)C1CN(c2ncc3c4c(c(-c5ncc(F)c6sc(N)c(C#N)c56)c(F)c3n2)COC4)CC1C(F)F. The first-order valence-corrected chi connectivity index (χ1v) is 12.6. The lowest BCUT2D eigenvalue weighted by atomic mass is 9.94. The number of rotatable bonds is 4. The number of alkyl halides is 2. The van der Waals surface area contributed by atoms with E-state index in [9.17, 15) is 18.4 Å². The second-order valence-corrected chi connectivity index (χ2v) is 10.7. The molecule has 0 bridgehead atoms. The highest BCUT2D eigenvalue weighted by Gasteiger charge is 2.41. The Hall–Kier alpha value is -3.60. The Kier molecular flexibility index (Phi) is 5.86. The van der Waals surface area contributed by atoms with Gasteiger partial charge in [0.15, 0.2) is 11.6 Å². The molecule has 0 radical (unpaired) electrons. The molecule has 8 nitrogen and oxygen atoms in total. The average molecular weight is 544 g/mol.